The highest BCUT2D eigenvalue weighted by atomic mass is 35.5. The summed E-state index contributed by atoms with van der Waals surface area (Å²) in [7, 11) is 0. The van der Waals surface area contributed by atoms with E-state index in [0.717, 1.165) is 11.3 Å². The molecule has 1 unspecified atom stereocenters. The van der Waals surface area contributed by atoms with Gasteiger partial charge >= 0.3 is 5.97 Å². The number of benzene rings is 1. The molecule has 1 aromatic rings. The van der Waals surface area contributed by atoms with Gasteiger partial charge in [0.05, 0.1) is 6.10 Å². The first-order valence-corrected chi connectivity index (χ1v) is 7.58. The van der Waals surface area contributed by atoms with Crippen molar-refractivity contribution < 1.29 is 14.6 Å². The lowest BCUT2D eigenvalue weighted by Gasteiger charge is -2.19. The second kappa shape index (κ2) is 8.25. The topological polar surface area (TPSA) is 58.6 Å². The van der Waals surface area contributed by atoms with E-state index in [1.807, 2.05) is 33.8 Å². The van der Waals surface area contributed by atoms with Crippen molar-refractivity contribution in [3.63, 3.8) is 0 Å². The third-order valence-corrected chi connectivity index (χ3v) is 3.16. The summed E-state index contributed by atoms with van der Waals surface area (Å²) >= 11 is 6.02. The first-order valence-electron chi connectivity index (χ1n) is 7.20. The van der Waals surface area contributed by atoms with Crippen LogP contribution in [0.15, 0.2) is 18.2 Å². The average Bonchev–Trinajstić information content (AvgIpc) is 2.36. The molecule has 0 saturated carbocycles. The number of ether oxygens (including phenoxy) is 1. The fourth-order valence-corrected chi connectivity index (χ4v) is 2.23. The van der Waals surface area contributed by atoms with Crippen molar-refractivity contribution in [3.05, 3.63) is 28.8 Å². The Hall–Kier alpha value is -1.26. The molecule has 1 aromatic carbocycles. The third kappa shape index (κ3) is 6.36. The zero-order chi connectivity index (χ0) is 16.0. The predicted molar refractivity (Wildman–Crippen MR) is 84.9 cm³/mol. The predicted octanol–water partition coefficient (Wildman–Crippen LogP) is 3.72. The van der Waals surface area contributed by atoms with E-state index >= 15 is 0 Å². The maximum absolute atomic E-state index is 11.3. The molecule has 118 valence electrons. The van der Waals surface area contributed by atoms with Crippen LogP contribution in [0.5, 0.6) is 5.75 Å². The zero-order valence-electron chi connectivity index (χ0n) is 13.0. The van der Waals surface area contributed by atoms with E-state index in [4.69, 9.17) is 16.3 Å². The van der Waals surface area contributed by atoms with Crippen molar-refractivity contribution in [3.8, 4) is 5.75 Å². The average molecular weight is 314 g/mol. The van der Waals surface area contributed by atoms with Crippen molar-refractivity contribution in [2.45, 2.75) is 52.8 Å². The lowest BCUT2D eigenvalue weighted by Crippen LogP contribution is -2.37. The zero-order valence-corrected chi connectivity index (χ0v) is 13.8. The molecule has 0 saturated heterocycles. The van der Waals surface area contributed by atoms with E-state index in [0.29, 0.717) is 23.9 Å². The van der Waals surface area contributed by atoms with E-state index in [1.54, 1.807) is 12.1 Å². The molecule has 2 N–H and O–H groups in total. The van der Waals surface area contributed by atoms with Crippen molar-refractivity contribution in [2.24, 2.45) is 5.92 Å². The summed E-state index contributed by atoms with van der Waals surface area (Å²) in [5.41, 5.74) is 0.867. The van der Waals surface area contributed by atoms with Gasteiger partial charge in [0.1, 0.15) is 11.8 Å². The van der Waals surface area contributed by atoms with Gasteiger partial charge in [0.25, 0.3) is 0 Å². The molecule has 1 rings (SSSR count). The van der Waals surface area contributed by atoms with Crippen molar-refractivity contribution >= 4 is 17.6 Å². The quantitative estimate of drug-likeness (QED) is 0.768. The smallest absolute Gasteiger partial charge is 0.320 e. The standard InChI is InChI=1S/C16H24ClNO3/c1-10(2)7-14(16(19)20)18-9-12-8-13(17)5-6-15(12)21-11(3)4/h5-6,8,10-11,14,18H,7,9H2,1-4H3,(H,19,20). The van der Waals surface area contributed by atoms with Crippen LogP contribution in [0.2, 0.25) is 5.02 Å². The Balaban J connectivity index is 2.80. The second-order valence-electron chi connectivity index (χ2n) is 5.82. The summed E-state index contributed by atoms with van der Waals surface area (Å²) in [5, 5.41) is 12.9. The van der Waals surface area contributed by atoms with Gasteiger partial charge in [-0.3, -0.25) is 4.79 Å². The Kier molecular flexibility index (Phi) is 6.99. The summed E-state index contributed by atoms with van der Waals surface area (Å²) < 4.78 is 5.73. The second-order valence-corrected chi connectivity index (χ2v) is 6.26. The van der Waals surface area contributed by atoms with E-state index in [1.165, 1.54) is 0 Å². The van der Waals surface area contributed by atoms with Crippen molar-refractivity contribution in [1.82, 2.24) is 5.32 Å². The van der Waals surface area contributed by atoms with Crippen LogP contribution in [0, 0.1) is 5.92 Å². The van der Waals surface area contributed by atoms with E-state index in [9.17, 15) is 9.90 Å². The van der Waals surface area contributed by atoms with Crippen molar-refractivity contribution in [1.29, 1.82) is 0 Å². The fraction of sp³-hybridized carbons (Fsp3) is 0.562. The number of carbonyl (C=O) groups is 1. The van der Waals surface area contributed by atoms with Crippen LogP contribution in [-0.4, -0.2) is 23.2 Å². The molecule has 1 atom stereocenters. The lowest BCUT2D eigenvalue weighted by atomic mass is 10.0. The molecule has 0 fully saturated rings. The minimum Gasteiger partial charge on any atom is -0.491 e. The number of hydrogen-bond acceptors (Lipinski definition) is 3. The Morgan fingerprint density at radius 1 is 1.33 bits per heavy atom. The molecular weight excluding hydrogens is 290 g/mol. The van der Waals surface area contributed by atoms with Gasteiger partial charge in [0.15, 0.2) is 0 Å². The van der Waals surface area contributed by atoms with Crippen LogP contribution in [-0.2, 0) is 11.3 Å². The van der Waals surface area contributed by atoms with Gasteiger partial charge in [-0.2, -0.15) is 0 Å². The first kappa shape index (κ1) is 17.8. The molecule has 5 heteroatoms. The SMILES string of the molecule is CC(C)CC(NCc1cc(Cl)ccc1OC(C)C)C(=O)O. The highest BCUT2D eigenvalue weighted by molar-refractivity contribution is 6.30. The molecule has 0 heterocycles. The highest BCUT2D eigenvalue weighted by Crippen LogP contribution is 2.24. The van der Waals surface area contributed by atoms with Gasteiger partial charge in [-0.25, -0.2) is 0 Å². The normalized spacial score (nSPS) is 12.7. The van der Waals surface area contributed by atoms with Gasteiger partial charge in [-0.1, -0.05) is 25.4 Å². The third-order valence-electron chi connectivity index (χ3n) is 2.93. The lowest BCUT2D eigenvalue weighted by molar-refractivity contribution is -0.140. The molecule has 0 spiro atoms. The maximum atomic E-state index is 11.3. The number of nitrogens with one attached hydrogen (secondary N) is 1. The molecule has 0 bridgehead atoms. The van der Waals surface area contributed by atoms with Gasteiger partial charge in [-0.05, 0) is 44.4 Å². The van der Waals surface area contributed by atoms with E-state index in [-0.39, 0.29) is 6.10 Å². The largest absolute Gasteiger partial charge is 0.491 e. The minimum atomic E-state index is -0.836. The van der Waals surface area contributed by atoms with Gasteiger partial charge in [-0.15, -0.1) is 0 Å². The molecule has 0 aromatic heterocycles. The Morgan fingerprint density at radius 3 is 2.52 bits per heavy atom. The summed E-state index contributed by atoms with van der Waals surface area (Å²) in [6.07, 6.45) is 0.631. The Bertz CT molecular complexity index is 475. The van der Waals surface area contributed by atoms with Gasteiger partial charge in [0.2, 0.25) is 0 Å². The molecule has 0 aliphatic rings. The first-order chi connectivity index (χ1) is 9.79. The molecule has 0 aliphatic heterocycles. The Morgan fingerprint density at radius 2 is 2.00 bits per heavy atom. The summed E-state index contributed by atoms with van der Waals surface area (Å²) in [5.74, 6) is 0.206. The molecule has 0 aliphatic carbocycles. The van der Waals surface area contributed by atoms with Crippen molar-refractivity contribution in [2.75, 3.05) is 0 Å². The summed E-state index contributed by atoms with van der Waals surface area (Å²) in [6.45, 7) is 8.32. The van der Waals surface area contributed by atoms with Gasteiger partial charge in [0, 0.05) is 17.1 Å². The number of carboxylic acid groups (broad SMARTS) is 1. The minimum absolute atomic E-state index is 0.0517. The molecule has 21 heavy (non-hydrogen) atoms. The van der Waals surface area contributed by atoms with Crippen LogP contribution in [0.4, 0.5) is 0 Å². The maximum Gasteiger partial charge on any atom is 0.320 e. The molecular formula is C16H24ClNO3. The number of carboxylic acids is 1. The summed E-state index contributed by atoms with van der Waals surface area (Å²) in [4.78, 5) is 11.3. The molecule has 4 nitrogen and oxygen atoms in total. The fourth-order valence-electron chi connectivity index (χ4n) is 2.03. The number of aliphatic carboxylic acids is 1. The van der Waals surface area contributed by atoms with E-state index < -0.39 is 12.0 Å². The van der Waals surface area contributed by atoms with Crippen LogP contribution in [0.1, 0.15) is 39.7 Å². The number of halogens is 1. The highest BCUT2D eigenvalue weighted by Gasteiger charge is 2.19. The van der Waals surface area contributed by atoms with E-state index in [2.05, 4.69) is 5.32 Å². The van der Waals surface area contributed by atoms with Gasteiger partial charge < -0.3 is 15.2 Å². The monoisotopic (exact) mass is 313 g/mol. The van der Waals surface area contributed by atoms with Crippen LogP contribution in [0.3, 0.4) is 0 Å². The van der Waals surface area contributed by atoms with Crippen LogP contribution < -0.4 is 10.1 Å². The Labute approximate surface area is 131 Å². The number of hydrogen-bond donors (Lipinski definition) is 2. The molecule has 0 radical (unpaired) electrons. The summed E-state index contributed by atoms with van der Waals surface area (Å²) in [6, 6.07) is 4.82. The van der Waals surface area contributed by atoms with Crippen LogP contribution >= 0.6 is 11.6 Å². The van der Waals surface area contributed by atoms with Crippen LogP contribution in [0.25, 0.3) is 0 Å². The number of rotatable bonds is 8. The molecule has 0 amide bonds.